The van der Waals surface area contributed by atoms with Gasteiger partial charge in [-0.3, -0.25) is 4.79 Å². The van der Waals surface area contributed by atoms with E-state index in [1.807, 2.05) is 24.3 Å². The van der Waals surface area contributed by atoms with Gasteiger partial charge in [0, 0.05) is 15.9 Å². The largest absolute Gasteiger partial charge is 0.494 e. The van der Waals surface area contributed by atoms with E-state index in [-0.39, 0.29) is 5.92 Å². The number of hydrogen-bond acceptors (Lipinski definition) is 2. The molecule has 1 aliphatic rings. The topological polar surface area (TPSA) is 26.3 Å². The van der Waals surface area contributed by atoms with Crippen molar-refractivity contribution in [1.82, 2.24) is 0 Å². The van der Waals surface area contributed by atoms with Gasteiger partial charge < -0.3 is 4.74 Å². The lowest BCUT2D eigenvalue weighted by molar-refractivity contribution is -0.121. The molecule has 0 radical (unpaired) electrons. The molecular weight excluding hydrogens is 315 g/mol. The molecule has 1 atom stereocenters. The molecule has 0 saturated heterocycles. The molecule has 2 rings (SSSR count). The van der Waals surface area contributed by atoms with Crippen LogP contribution < -0.4 is 4.74 Å². The molecule has 0 heterocycles. The fourth-order valence-electron chi connectivity index (χ4n) is 2.07. The van der Waals surface area contributed by atoms with Crippen LogP contribution >= 0.6 is 22.6 Å². The summed E-state index contributed by atoms with van der Waals surface area (Å²) in [5.74, 6) is 1.58. The highest BCUT2D eigenvalue weighted by Gasteiger charge is 2.23. The average molecular weight is 330 g/mol. The quantitative estimate of drug-likeness (QED) is 0.791. The van der Waals surface area contributed by atoms with Gasteiger partial charge in [-0.05, 0) is 60.1 Å². The lowest BCUT2D eigenvalue weighted by Gasteiger charge is -2.09. The van der Waals surface area contributed by atoms with Gasteiger partial charge in [-0.2, -0.15) is 0 Å². The predicted molar refractivity (Wildman–Crippen MR) is 71.6 cm³/mol. The second-order valence-corrected chi connectivity index (χ2v) is 5.40. The maximum atomic E-state index is 11.4. The maximum absolute atomic E-state index is 11.4. The summed E-state index contributed by atoms with van der Waals surface area (Å²) in [5.41, 5.74) is 0. The van der Waals surface area contributed by atoms with Crippen molar-refractivity contribution >= 4 is 28.4 Å². The first-order chi connectivity index (χ1) is 7.75. The van der Waals surface area contributed by atoms with E-state index in [1.54, 1.807) is 0 Å². The highest BCUT2D eigenvalue weighted by Crippen LogP contribution is 2.24. The average Bonchev–Trinajstić information content (AvgIpc) is 2.65. The van der Waals surface area contributed by atoms with Gasteiger partial charge in [0.2, 0.25) is 0 Å². The van der Waals surface area contributed by atoms with Crippen LogP contribution in [0.4, 0.5) is 0 Å². The summed E-state index contributed by atoms with van der Waals surface area (Å²) in [7, 11) is 0. The lowest BCUT2D eigenvalue weighted by atomic mass is 10.0. The molecule has 0 amide bonds. The molecule has 1 aromatic carbocycles. The SMILES string of the molecule is O=C1CCCC1CCOc1cccc(I)c1. The van der Waals surface area contributed by atoms with Crippen LogP contribution in [0.25, 0.3) is 0 Å². The number of ketones is 1. The van der Waals surface area contributed by atoms with Gasteiger partial charge in [0.05, 0.1) is 6.61 Å². The van der Waals surface area contributed by atoms with E-state index in [2.05, 4.69) is 22.6 Å². The summed E-state index contributed by atoms with van der Waals surface area (Å²) in [6, 6.07) is 7.99. The van der Waals surface area contributed by atoms with Crippen LogP contribution in [0.3, 0.4) is 0 Å². The molecule has 3 heteroatoms. The fraction of sp³-hybridized carbons (Fsp3) is 0.462. The van der Waals surface area contributed by atoms with Crippen LogP contribution in [0, 0.1) is 9.49 Å². The van der Waals surface area contributed by atoms with Gasteiger partial charge in [0.15, 0.2) is 0 Å². The highest BCUT2D eigenvalue weighted by molar-refractivity contribution is 14.1. The summed E-state index contributed by atoms with van der Waals surface area (Å²) in [4.78, 5) is 11.4. The van der Waals surface area contributed by atoms with Gasteiger partial charge >= 0.3 is 0 Å². The Bertz CT molecular complexity index is 376. The number of rotatable bonds is 4. The van der Waals surface area contributed by atoms with Gasteiger partial charge in [-0.1, -0.05) is 6.07 Å². The van der Waals surface area contributed by atoms with Gasteiger partial charge in [-0.25, -0.2) is 0 Å². The summed E-state index contributed by atoms with van der Waals surface area (Å²) < 4.78 is 6.81. The molecule has 0 aliphatic heterocycles. The predicted octanol–water partition coefficient (Wildman–Crippen LogP) is 3.43. The number of Topliss-reactive ketones (excluding diaryl/α,β-unsaturated/α-hetero) is 1. The standard InChI is InChI=1S/C13H15IO2/c14-11-4-2-5-12(9-11)16-8-7-10-3-1-6-13(10)15/h2,4-5,9-10H,1,3,6-8H2. The van der Waals surface area contributed by atoms with E-state index in [1.165, 1.54) is 3.57 Å². The molecule has 1 saturated carbocycles. The van der Waals surface area contributed by atoms with Crippen LogP contribution in [0.15, 0.2) is 24.3 Å². The smallest absolute Gasteiger partial charge is 0.136 e. The summed E-state index contributed by atoms with van der Waals surface area (Å²) in [6.07, 6.45) is 3.75. The molecule has 0 spiro atoms. The van der Waals surface area contributed by atoms with Crippen molar-refractivity contribution in [2.75, 3.05) is 6.61 Å². The van der Waals surface area contributed by atoms with Crippen molar-refractivity contribution in [3.05, 3.63) is 27.8 Å². The van der Waals surface area contributed by atoms with E-state index >= 15 is 0 Å². The van der Waals surface area contributed by atoms with Crippen molar-refractivity contribution in [1.29, 1.82) is 0 Å². The second kappa shape index (κ2) is 5.66. The molecule has 2 nitrogen and oxygen atoms in total. The van der Waals surface area contributed by atoms with Crippen LogP contribution in [0.5, 0.6) is 5.75 Å². The minimum absolute atomic E-state index is 0.253. The Kier molecular flexibility index (Phi) is 4.21. The zero-order valence-electron chi connectivity index (χ0n) is 9.12. The van der Waals surface area contributed by atoms with E-state index in [0.29, 0.717) is 12.4 Å². The molecule has 1 fully saturated rings. The maximum Gasteiger partial charge on any atom is 0.136 e. The molecule has 1 unspecified atom stereocenters. The Labute approximate surface area is 110 Å². The third-order valence-electron chi connectivity index (χ3n) is 2.96. The Balaban J connectivity index is 1.77. The van der Waals surface area contributed by atoms with Crippen LogP contribution in [-0.4, -0.2) is 12.4 Å². The molecule has 1 aromatic rings. The van der Waals surface area contributed by atoms with E-state index in [4.69, 9.17) is 4.74 Å². The van der Waals surface area contributed by atoms with Crippen molar-refractivity contribution < 1.29 is 9.53 Å². The van der Waals surface area contributed by atoms with Gasteiger partial charge in [0.25, 0.3) is 0 Å². The minimum atomic E-state index is 0.253. The van der Waals surface area contributed by atoms with E-state index < -0.39 is 0 Å². The minimum Gasteiger partial charge on any atom is -0.494 e. The number of ether oxygens (including phenoxy) is 1. The van der Waals surface area contributed by atoms with E-state index in [0.717, 1.165) is 31.4 Å². The molecule has 0 bridgehead atoms. The molecule has 86 valence electrons. The first-order valence-electron chi connectivity index (χ1n) is 5.67. The summed E-state index contributed by atoms with van der Waals surface area (Å²) in [6.45, 7) is 0.649. The number of carbonyl (C=O) groups excluding carboxylic acids is 1. The monoisotopic (exact) mass is 330 g/mol. The number of halogens is 1. The summed E-state index contributed by atoms with van der Waals surface area (Å²) >= 11 is 2.26. The summed E-state index contributed by atoms with van der Waals surface area (Å²) in [5, 5.41) is 0. The molecular formula is C13H15IO2. The van der Waals surface area contributed by atoms with Crippen molar-refractivity contribution in [3.8, 4) is 5.75 Å². The van der Waals surface area contributed by atoms with Crippen LogP contribution in [0.1, 0.15) is 25.7 Å². The Morgan fingerprint density at radius 3 is 3.00 bits per heavy atom. The van der Waals surface area contributed by atoms with Crippen LogP contribution in [0.2, 0.25) is 0 Å². The van der Waals surface area contributed by atoms with Crippen molar-refractivity contribution in [2.45, 2.75) is 25.7 Å². The first-order valence-corrected chi connectivity index (χ1v) is 6.74. The zero-order chi connectivity index (χ0) is 11.4. The fourth-order valence-corrected chi connectivity index (χ4v) is 2.58. The van der Waals surface area contributed by atoms with Gasteiger partial charge in [-0.15, -0.1) is 0 Å². The first kappa shape index (κ1) is 11.9. The highest BCUT2D eigenvalue weighted by atomic mass is 127. The lowest BCUT2D eigenvalue weighted by Crippen LogP contribution is -2.11. The van der Waals surface area contributed by atoms with E-state index in [9.17, 15) is 4.79 Å². The Morgan fingerprint density at radius 2 is 2.31 bits per heavy atom. The van der Waals surface area contributed by atoms with Crippen LogP contribution in [-0.2, 0) is 4.79 Å². The zero-order valence-corrected chi connectivity index (χ0v) is 11.3. The number of hydrogen-bond donors (Lipinski definition) is 0. The Hall–Kier alpha value is -0.580. The molecule has 16 heavy (non-hydrogen) atoms. The number of benzene rings is 1. The Morgan fingerprint density at radius 1 is 1.44 bits per heavy atom. The molecule has 1 aliphatic carbocycles. The third-order valence-corrected chi connectivity index (χ3v) is 3.63. The van der Waals surface area contributed by atoms with Crippen molar-refractivity contribution in [2.24, 2.45) is 5.92 Å². The second-order valence-electron chi connectivity index (χ2n) is 4.15. The van der Waals surface area contributed by atoms with Gasteiger partial charge in [0.1, 0.15) is 11.5 Å². The normalized spacial score (nSPS) is 20.1. The van der Waals surface area contributed by atoms with Crippen molar-refractivity contribution in [3.63, 3.8) is 0 Å². The third kappa shape index (κ3) is 3.20. The number of carbonyl (C=O) groups is 1. The molecule has 0 N–H and O–H groups in total. The molecule has 0 aromatic heterocycles.